The maximum Gasteiger partial charge on any atom is 0.214 e. The molecular weight excluding hydrogens is 276 g/mol. The van der Waals surface area contributed by atoms with Crippen molar-refractivity contribution in [2.24, 2.45) is 0 Å². The first-order valence-electron chi connectivity index (χ1n) is 5.89. The van der Waals surface area contributed by atoms with Gasteiger partial charge in [-0.05, 0) is 19.3 Å². The molecule has 0 saturated carbocycles. The summed E-state index contributed by atoms with van der Waals surface area (Å²) in [7, 11) is -6.60. The van der Waals surface area contributed by atoms with Crippen LogP contribution >= 0.6 is 0 Å². The normalized spacial score (nSPS) is 22.2. The zero-order valence-corrected chi connectivity index (χ0v) is 11.9. The molecular formula is C10H18N2O4S2. The molecule has 0 aromatic rings. The first-order chi connectivity index (χ1) is 8.30. The van der Waals surface area contributed by atoms with E-state index in [2.05, 4.69) is 4.72 Å². The second kappa shape index (κ2) is 5.99. The molecule has 1 unspecified atom stereocenters. The fourth-order valence-corrected chi connectivity index (χ4v) is 5.44. The van der Waals surface area contributed by atoms with E-state index in [-0.39, 0.29) is 30.8 Å². The minimum Gasteiger partial charge on any atom is -0.229 e. The number of nitrogens with zero attached hydrogens (tertiary/aromatic N) is 1. The minimum atomic E-state index is -3.53. The highest BCUT2D eigenvalue weighted by Crippen LogP contribution is 2.19. The molecule has 8 heteroatoms. The highest BCUT2D eigenvalue weighted by molar-refractivity contribution is 7.92. The summed E-state index contributed by atoms with van der Waals surface area (Å²) in [5.74, 6) is -0.152. The van der Waals surface area contributed by atoms with E-state index in [0.717, 1.165) is 0 Å². The monoisotopic (exact) mass is 294 g/mol. The van der Waals surface area contributed by atoms with Gasteiger partial charge in [-0.3, -0.25) is 0 Å². The largest absolute Gasteiger partial charge is 0.229 e. The molecule has 1 heterocycles. The van der Waals surface area contributed by atoms with Gasteiger partial charge in [0, 0.05) is 6.04 Å². The second-order valence-corrected chi connectivity index (χ2v) is 8.78. The zero-order chi connectivity index (χ0) is 13.8. The Hall–Kier alpha value is -0.650. The Labute approximate surface area is 108 Å². The molecule has 1 N–H and O–H groups in total. The van der Waals surface area contributed by atoms with E-state index in [9.17, 15) is 16.8 Å². The number of nitriles is 1. The quantitative estimate of drug-likeness (QED) is 0.778. The van der Waals surface area contributed by atoms with E-state index in [1.165, 1.54) is 0 Å². The molecule has 0 aliphatic carbocycles. The molecule has 1 atom stereocenters. The van der Waals surface area contributed by atoms with Crippen LogP contribution in [0.2, 0.25) is 0 Å². The number of hydrogen-bond acceptors (Lipinski definition) is 5. The van der Waals surface area contributed by atoms with Gasteiger partial charge in [0.05, 0.1) is 29.2 Å². The number of hydrogen-bond donors (Lipinski definition) is 1. The van der Waals surface area contributed by atoms with Crippen LogP contribution in [0.5, 0.6) is 0 Å². The summed E-state index contributed by atoms with van der Waals surface area (Å²) < 4.78 is 49.0. The smallest absolute Gasteiger partial charge is 0.214 e. The molecule has 1 rings (SSSR count). The highest BCUT2D eigenvalue weighted by Gasteiger charge is 2.33. The van der Waals surface area contributed by atoms with Gasteiger partial charge in [0.25, 0.3) is 0 Å². The average Bonchev–Trinajstić information content (AvgIpc) is 2.27. The summed E-state index contributed by atoms with van der Waals surface area (Å²) in [6, 6.07) is 1.54. The first kappa shape index (κ1) is 15.4. The van der Waals surface area contributed by atoms with Gasteiger partial charge < -0.3 is 0 Å². The molecule has 0 aromatic carbocycles. The number of nitrogens with one attached hydrogen (secondary N) is 1. The van der Waals surface area contributed by atoms with E-state index in [1.54, 1.807) is 6.92 Å². The highest BCUT2D eigenvalue weighted by atomic mass is 32.2. The molecule has 0 bridgehead atoms. The van der Waals surface area contributed by atoms with Gasteiger partial charge >= 0.3 is 0 Å². The van der Waals surface area contributed by atoms with Crippen LogP contribution in [0.25, 0.3) is 0 Å². The summed E-state index contributed by atoms with van der Waals surface area (Å²) in [5, 5.41) is 7.92. The lowest BCUT2D eigenvalue weighted by molar-refractivity contribution is 0.518. The summed E-state index contributed by atoms with van der Waals surface area (Å²) in [4.78, 5) is 0. The van der Waals surface area contributed by atoms with Gasteiger partial charge in [0.15, 0.2) is 0 Å². The Morgan fingerprint density at radius 1 is 1.39 bits per heavy atom. The van der Waals surface area contributed by atoms with Crippen LogP contribution < -0.4 is 4.72 Å². The van der Waals surface area contributed by atoms with Crippen LogP contribution in [-0.4, -0.2) is 39.6 Å². The average molecular weight is 294 g/mol. The first-order valence-corrected chi connectivity index (χ1v) is 9.26. The van der Waals surface area contributed by atoms with Crippen LogP contribution in [-0.2, 0) is 19.9 Å². The van der Waals surface area contributed by atoms with E-state index in [0.29, 0.717) is 6.42 Å². The van der Waals surface area contributed by atoms with Crippen LogP contribution in [0.4, 0.5) is 0 Å². The van der Waals surface area contributed by atoms with Crippen LogP contribution in [0.1, 0.15) is 32.6 Å². The topological polar surface area (TPSA) is 104 Å². The van der Waals surface area contributed by atoms with Gasteiger partial charge in [0.2, 0.25) is 10.0 Å². The maximum atomic E-state index is 12.0. The Bertz CT molecular complexity index is 505. The van der Waals surface area contributed by atoms with Gasteiger partial charge in [-0.15, -0.1) is 0 Å². The summed E-state index contributed by atoms with van der Waals surface area (Å²) in [5.41, 5.74) is 0. The fraction of sp³-hybridized carbons (Fsp3) is 0.900. The molecule has 0 spiro atoms. The van der Waals surface area contributed by atoms with Crippen molar-refractivity contribution in [3.05, 3.63) is 0 Å². The second-order valence-electron chi connectivity index (χ2n) is 4.48. The molecule has 1 aliphatic heterocycles. The van der Waals surface area contributed by atoms with Crippen molar-refractivity contribution >= 4 is 19.9 Å². The van der Waals surface area contributed by atoms with E-state index in [4.69, 9.17) is 5.26 Å². The van der Waals surface area contributed by atoms with Crippen molar-refractivity contribution in [1.29, 1.82) is 5.26 Å². The van der Waals surface area contributed by atoms with Crippen LogP contribution in [0.15, 0.2) is 0 Å². The van der Waals surface area contributed by atoms with E-state index in [1.807, 2.05) is 6.07 Å². The predicted molar refractivity (Wildman–Crippen MR) is 68.0 cm³/mol. The standard InChI is InChI=1S/C10H18N2O4S2/c1-2-9(3-6-11)12-18(15,16)10-4-7-17(13,14)8-5-10/h9-10,12H,2-5,7-8H2,1H3. The SMILES string of the molecule is CCC(CC#N)NS(=O)(=O)C1CCS(=O)(=O)CC1. The minimum absolute atomic E-state index is 0.0758. The molecule has 104 valence electrons. The van der Waals surface area contributed by atoms with Crippen LogP contribution in [0.3, 0.4) is 0 Å². The third-order valence-electron chi connectivity index (χ3n) is 3.10. The molecule has 0 amide bonds. The zero-order valence-electron chi connectivity index (χ0n) is 10.3. The molecule has 1 fully saturated rings. The Balaban J connectivity index is 2.68. The number of sulfonamides is 1. The number of sulfone groups is 1. The number of rotatable bonds is 5. The van der Waals surface area contributed by atoms with Gasteiger partial charge in [-0.25, -0.2) is 21.6 Å². The van der Waals surface area contributed by atoms with Crippen molar-refractivity contribution in [2.75, 3.05) is 11.5 Å². The molecule has 0 radical (unpaired) electrons. The molecule has 1 saturated heterocycles. The Morgan fingerprint density at radius 2 is 1.94 bits per heavy atom. The molecule has 1 aliphatic rings. The lowest BCUT2D eigenvalue weighted by atomic mass is 10.2. The van der Waals surface area contributed by atoms with Crippen molar-refractivity contribution in [1.82, 2.24) is 4.72 Å². The molecule has 0 aromatic heterocycles. The molecule has 6 nitrogen and oxygen atoms in total. The third-order valence-corrected chi connectivity index (χ3v) is 6.83. The maximum absolute atomic E-state index is 12.0. The summed E-state index contributed by atoms with van der Waals surface area (Å²) >= 11 is 0. The molecule has 18 heavy (non-hydrogen) atoms. The van der Waals surface area contributed by atoms with E-state index < -0.39 is 31.2 Å². The van der Waals surface area contributed by atoms with Crippen molar-refractivity contribution in [3.63, 3.8) is 0 Å². The lowest BCUT2D eigenvalue weighted by Crippen LogP contribution is -2.43. The summed E-state index contributed by atoms with van der Waals surface area (Å²) in [6.45, 7) is 1.80. The summed E-state index contributed by atoms with van der Waals surface area (Å²) in [6.07, 6.45) is 0.944. The van der Waals surface area contributed by atoms with Gasteiger partial charge in [0.1, 0.15) is 9.84 Å². The Kier molecular flexibility index (Phi) is 5.13. The van der Waals surface area contributed by atoms with Gasteiger partial charge in [-0.1, -0.05) is 6.92 Å². The van der Waals surface area contributed by atoms with Crippen molar-refractivity contribution < 1.29 is 16.8 Å². The predicted octanol–water partition coefficient (Wildman–Crippen LogP) is 0.175. The van der Waals surface area contributed by atoms with Crippen molar-refractivity contribution in [3.8, 4) is 6.07 Å². The van der Waals surface area contributed by atoms with Crippen LogP contribution in [0, 0.1) is 11.3 Å². The van der Waals surface area contributed by atoms with E-state index >= 15 is 0 Å². The third kappa shape index (κ3) is 4.23. The Morgan fingerprint density at radius 3 is 2.39 bits per heavy atom. The van der Waals surface area contributed by atoms with Crippen molar-refractivity contribution in [2.45, 2.75) is 43.9 Å². The fourth-order valence-electron chi connectivity index (χ4n) is 1.89. The lowest BCUT2D eigenvalue weighted by Gasteiger charge is -2.24. The van der Waals surface area contributed by atoms with Gasteiger partial charge in [-0.2, -0.15) is 5.26 Å².